The summed E-state index contributed by atoms with van der Waals surface area (Å²) in [5.41, 5.74) is 0. The fourth-order valence-corrected chi connectivity index (χ4v) is 4.83. The standard InChI is InChI=1S/3C4H9.2BrH.Fe.H3P/c3*1-3-4-2;;;;/h3*1,3-4H2,2H3;2*1H;;1H3/q;;;;;+2;/p-2. The van der Waals surface area contributed by atoms with Crippen molar-refractivity contribution in [2.24, 2.45) is 0 Å². The predicted octanol–water partition coefficient (Wildman–Crippen LogP) is -0.674. The van der Waals surface area contributed by atoms with Gasteiger partial charge in [-0.3, -0.25) is 0 Å². The molecule has 1 unspecified atom stereocenters. The van der Waals surface area contributed by atoms with Gasteiger partial charge in [0.05, 0.1) is 0 Å². The molecule has 0 fully saturated rings. The van der Waals surface area contributed by atoms with E-state index in [4.69, 9.17) is 0 Å². The average Bonchev–Trinajstić information content (AvgIpc) is 2.17. The van der Waals surface area contributed by atoms with Crippen molar-refractivity contribution < 1.29 is 47.9 Å². The minimum Gasteiger partial charge on any atom is -1.00 e. The molecule has 16 heavy (non-hydrogen) atoms. The van der Waals surface area contributed by atoms with Crippen LogP contribution in [0.2, 0.25) is 16.0 Å². The van der Waals surface area contributed by atoms with Gasteiger partial charge in [-0.05, 0) is 0 Å². The second-order valence-electron chi connectivity index (χ2n) is 3.62. The molecule has 0 aliphatic rings. The van der Waals surface area contributed by atoms with E-state index in [1.54, 1.807) is 16.0 Å². The van der Waals surface area contributed by atoms with Crippen LogP contribution in [0.1, 0.15) is 59.3 Å². The molecule has 4 heteroatoms. The maximum atomic E-state index is 2.32. The SMILES string of the molecule is CCC[CH2][Fe+2]([CH2]CCC)[CH2]CCC.P.[Br-].[Br-]. The van der Waals surface area contributed by atoms with Crippen LogP contribution in [-0.4, -0.2) is 0 Å². The molecule has 105 valence electrons. The van der Waals surface area contributed by atoms with Gasteiger partial charge in [0.15, 0.2) is 0 Å². The molecular weight excluding hydrogens is 391 g/mol. The maximum absolute atomic E-state index is 2.32. The second-order valence-corrected chi connectivity index (χ2v) is 6.93. The summed E-state index contributed by atoms with van der Waals surface area (Å²) >= 11 is 0.245. The van der Waals surface area contributed by atoms with E-state index in [0.717, 1.165) is 0 Å². The van der Waals surface area contributed by atoms with Crippen LogP contribution < -0.4 is 34.0 Å². The molecule has 0 aliphatic heterocycles. The van der Waals surface area contributed by atoms with Crippen LogP contribution in [0, 0.1) is 0 Å². The zero-order valence-corrected chi connectivity index (χ0v) is 16.9. The molecular formula is C12H30Br2FeP. The molecule has 0 saturated heterocycles. The normalized spacial score (nSPS) is 9.00. The molecule has 0 N–H and O–H groups in total. The van der Waals surface area contributed by atoms with Crippen molar-refractivity contribution in [1.82, 2.24) is 0 Å². The monoisotopic (exact) mass is 419 g/mol. The van der Waals surface area contributed by atoms with E-state index in [-0.39, 0.29) is 57.8 Å². The summed E-state index contributed by atoms with van der Waals surface area (Å²) < 4.78 is 0. The molecule has 0 aromatic heterocycles. The smallest absolute Gasteiger partial charge is 0.153 e. The minimum absolute atomic E-state index is 0. The number of unbranched alkanes of at least 4 members (excludes halogenated alkanes) is 3. The van der Waals surface area contributed by atoms with Crippen molar-refractivity contribution in [1.29, 1.82) is 0 Å². The van der Waals surface area contributed by atoms with Crippen LogP contribution >= 0.6 is 9.90 Å². The van der Waals surface area contributed by atoms with Crippen LogP contribution in [0.4, 0.5) is 0 Å². The third-order valence-electron chi connectivity index (χ3n) is 2.19. The summed E-state index contributed by atoms with van der Waals surface area (Å²) in [5.74, 6) is 0. The Balaban J connectivity index is -0.000000240. The molecule has 0 aliphatic carbocycles. The van der Waals surface area contributed by atoms with Crippen molar-refractivity contribution in [2.45, 2.75) is 75.3 Å². The van der Waals surface area contributed by atoms with Crippen LogP contribution in [0.5, 0.6) is 0 Å². The summed E-state index contributed by atoms with van der Waals surface area (Å²) in [6, 6.07) is 0. The van der Waals surface area contributed by atoms with Crippen LogP contribution in [0.15, 0.2) is 0 Å². The molecule has 0 radical (unpaired) electrons. The van der Waals surface area contributed by atoms with Gasteiger partial charge < -0.3 is 34.0 Å². The predicted molar refractivity (Wildman–Crippen MR) is 70.3 cm³/mol. The van der Waals surface area contributed by atoms with Gasteiger partial charge in [-0.1, -0.05) is 0 Å². The average molecular weight is 421 g/mol. The summed E-state index contributed by atoms with van der Waals surface area (Å²) in [5, 5.41) is 4.70. The summed E-state index contributed by atoms with van der Waals surface area (Å²) in [6.07, 6.45) is 8.61. The van der Waals surface area contributed by atoms with E-state index in [1.165, 1.54) is 38.5 Å². The summed E-state index contributed by atoms with van der Waals surface area (Å²) in [6.45, 7) is 6.95. The third kappa shape index (κ3) is 18.3. The van der Waals surface area contributed by atoms with Crippen molar-refractivity contribution in [3.8, 4) is 0 Å². The summed E-state index contributed by atoms with van der Waals surface area (Å²) in [4.78, 5) is 0. The topological polar surface area (TPSA) is 0 Å². The number of hydrogen-bond donors (Lipinski definition) is 0. The molecule has 0 aromatic rings. The first-order chi connectivity index (χ1) is 6.35. The first-order valence-electron chi connectivity index (χ1n) is 5.87. The molecule has 0 bridgehead atoms. The number of halogens is 2. The molecule has 0 rings (SSSR count). The molecule has 0 nitrogen and oxygen atoms in total. The van der Waals surface area contributed by atoms with Gasteiger partial charge in [0.1, 0.15) is 0 Å². The van der Waals surface area contributed by atoms with Gasteiger partial charge in [-0.2, -0.15) is 9.90 Å². The zero-order chi connectivity index (χ0) is 9.94. The van der Waals surface area contributed by atoms with E-state index < -0.39 is 0 Å². The molecule has 0 heterocycles. The molecule has 0 aromatic carbocycles. The van der Waals surface area contributed by atoms with E-state index >= 15 is 0 Å². The van der Waals surface area contributed by atoms with E-state index in [1.807, 2.05) is 0 Å². The Bertz CT molecular complexity index is 86.0. The quantitative estimate of drug-likeness (QED) is 0.343. The fraction of sp³-hybridized carbons (Fsp3) is 1.00. The number of rotatable bonds is 9. The Morgan fingerprint density at radius 1 is 0.625 bits per heavy atom. The minimum atomic E-state index is 0. The molecule has 1 atom stereocenters. The third-order valence-corrected chi connectivity index (χ3v) is 5.70. The second kappa shape index (κ2) is 22.1. The largest absolute Gasteiger partial charge is 1.00 e. The Hall–Kier alpha value is 1.91. The van der Waals surface area contributed by atoms with Crippen LogP contribution in [-0.2, 0) is 13.9 Å². The Morgan fingerprint density at radius 3 is 1.06 bits per heavy atom. The van der Waals surface area contributed by atoms with E-state index in [2.05, 4.69) is 20.8 Å². The Labute approximate surface area is 132 Å². The van der Waals surface area contributed by atoms with Gasteiger partial charge in [-0.25, -0.2) is 0 Å². The van der Waals surface area contributed by atoms with Crippen molar-refractivity contribution in [2.75, 3.05) is 0 Å². The Kier molecular flexibility index (Phi) is 36.6. The first kappa shape index (κ1) is 26.5. The molecule has 0 amide bonds. The van der Waals surface area contributed by atoms with Crippen LogP contribution in [0.25, 0.3) is 0 Å². The van der Waals surface area contributed by atoms with Gasteiger partial charge in [-0.15, -0.1) is 0 Å². The molecule has 0 spiro atoms. The zero-order valence-electron chi connectivity index (χ0n) is 11.2. The van der Waals surface area contributed by atoms with Crippen molar-refractivity contribution in [3.63, 3.8) is 0 Å². The van der Waals surface area contributed by atoms with E-state index in [9.17, 15) is 0 Å². The summed E-state index contributed by atoms with van der Waals surface area (Å²) in [7, 11) is 0. The molecule has 0 saturated carbocycles. The van der Waals surface area contributed by atoms with Gasteiger partial charge in [0.25, 0.3) is 0 Å². The van der Waals surface area contributed by atoms with E-state index in [0.29, 0.717) is 0 Å². The van der Waals surface area contributed by atoms with Gasteiger partial charge >= 0.3 is 89.2 Å². The van der Waals surface area contributed by atoms with Crippen LogP contribution in [0.3, 0.4) is 0 Å². The first-order valence-corrected chi connectivity index (χ1v) is 8.21. The number of hydrogen-bond acceptors (Lipinski definition) is 0. The van der Waals surface area contributed by atoms with Crippen molar-refractivity contribution in [3.05, 3.63) is 0 Å². The Morgan fingerprint density at radius 2 is 0.875 bits per heavy atom. The van der Waals surface area contributed by atoms with Gasteiger partial charge in [0, 0.05) is 0 Å². The maximum Gasteiger partial charge on any atom is -0.153 e. The van der Waals surface area contributed by atoms with Gasteiger partial charge in [0.2, 0.25) is 0 Å². The fourth-order valence-electron chi connectivity index (χ4n) is 1.17. The van der Waals surface area contributed by atoms with Crippen molar-refractivity contribution >= 4 is 9.90 Å².